The molecule has 0 bridgehead atoms. The number of hydrogen-bond acceptors (Lipinski definition) is 1. The van der Waals surface area contributed by atoms with Crippen molar-refractivity contribution in [3.05, 3.63) is 114 Å². The molecule has 0 saturated heterocycles. The van der Waals surface area contributed by atoms with Gasteiger partial charge in [0, 0.05) is 15.9 Å². The summed E-state index contributed by atoms with van der Waals surface area (Å²) < 4.78 is 15.6. The molecule has 1 aliphatic carbocycles. The Morgan fingerprint density at radius 2 is 1.43 bits per heavy atom. The maximum Gasteiger partial charge on any atom is 0.171 e. The average molecular weight is 479 g/mol. The van der Waals surface area contributed by atoms with Crippen LogP contribution >= 0.6 is 7.14 Å². The Kier molecular flexibility index (Phi) is 7.07. The minimum Gasteiger partial charge on any atom is -0.309 e. The number of benzene rings is 4. The van der Waals surface area contributed by atoms with Crippen LogP contribution in [-0.2, 0) is 17.4 Å². The van der Waals surface area contributed by atoms with Crippen LogP contribution in [0, 0.1) is 5.92 Å². The zero-order valence-electron chi connectivity index (χ0n) is 20.9. The van der Waals surface area contributed by atoms with Gasteiger partial charge in [-0.2, -0.15) is 0 Å². The third-order valence-electron chi connectivity index (χ3n) is 7.67. The summed E-state index contributed by atoms with van der Waals surface area (Å²) in [7, 11) is -3.08. The van der Waals surface area contributed by atoms with E-state index in [1.807, 2.05) is 18.2 Å². The lowest BCUT2D eigenvalue weighted by Crippen LogP contribution is -2.30. The molecule has 2 atom stereocenters. The zero-order valence-corrected chi connectivity index (χ0v) is 21.8. The third-order valence-corrected chi connectivity index (χ3v) is 10.9. The monoisotopic (exact) mass is 478 g/mol. The van der Waals surface area contributed by atoms with Gasteiger partial charge in [0.1, 0.15) is 0 Å². The number of rotatable bonds is 9. The predicted octanol–water partition coefficient (Wildman–Crippen LogP) is 7.66. The summed E-state index contributed by atoms with van der Waals surface area (Å²) in [5, 5.41) is 2.95. The summed E-state index contributed by atoms with van der Waals surface area (Å²) in [6.07, 6.45) is 6.68. The van der Waals surface area contributed by atoms with Crippen LogP contribution in [0.1, 0.15) is 56.2 Å². The highest BCUT2D eigenvalue weighted by Gasteiger charge is 2.36. The highest BCUT2D eigenvalue weighted by atomic mass is 31.2. The Morgan fingerprint density at radius 3 is 2.23 bits per heavy atom. The molecule has 0 aliphatic heterocycles. The molecule has 4 aromatic rings. The molecule has 35 heavy (non-hydrogen) atoms. The van der Waals surface area contributed by atoms with Gasteiger partial charge in [0.05, 0.1) is 0 Å². The van der Waals surface area contributed by atoms with Gasteiger partial charge in [-0.05, 0) is 46.6 Å². The highest BCUT2D eigenvalue weighted by Crippen LogP contribution is 2.48. The van der Waals surface area contributed by atoms with Crippen molar-refractivity contribution in [1.29, 1.82) is 0 Å². The van der Waals surface area contributed by atoms with Gasteiger partial charge < -0.3 is 4.57 Å². The van der Waals surface area contributed by atoms with Crippen LogP contribution in [0.5, 0.6) is 0 Å². The van der Waals surface area contributed by atoms with E-state index in [9.17, 15) is 0 Å². The van der Waals surface area contributed by atoms with Gasteiger partial charge in [-0.1, -0.05) is 137 Å². The van der Waals surface area contributed by atoms with Gasteiger partial charge in [-0.15, -0.1) is 0 Å². The molecular weight excluding hydrogens is 443 g/mol. The molecule has 0 aromatic heterocycles. The maximum atomic E-state index is 15.6. The summed E-state index contributed by atoms with van der Waals surface area (Å²) in [5.74, 6) is 0.617. The van der Waals surface area contributed by atoms with Gasteiger partial charge >= 0.3 is 0 Å². The van der Waals surface area contributed by atoms with Crippen LogP contribution in [0.15, 0.2) is 97.1 Å². The zero-order chi connectivity index (χ0) is 24.3. The second kappa shape index (κ2) is 10.4. The third kappa shape index (κ3) is 4.43. The summed E-state index contributed by atoms with van der Waals surface area (Å²) >= 11 is 0. The van der Waals surface area contributed by atoms with E-state index in [2.05, 4.69) is 92.7 Å². The van der Waals surface area contributed by atoms with Crippen molar-refractivity contribution in [1.82, 2.24) is 0 Å². The molecule has 0 saturated carbocycles. The second-order valence-corrected chi connectivity index (χ2v) is 12.5. The standard InChI is InChI=1S/C33H35OP/c1-3-5-14-25(4-2)23-27-16-10-12-21-32(27)35(34,28-17-7-6-8-18-28)33-22-13-20-30-29-19-11-9-15-26(29)24-31(30)33/h6-13,15-22,25H,3-5,14,23-24H2,1-2H3. The van der Waals surface area contributed by atoms with Crippen LogP contribution in [0.2, 0.25) is 0 Å². The molecule has 1 nitrogen and oxygen atoms in total. The first-order valence-corrected chi connectivity index (χ1v) is 14.8. The van der Waals surface area contributed by atoms with E-state index in [1.165, 1.54) is 47.1 Å². The van der Waals surface area contributed by atoms with Crippen molar-refractivity contribution in [2.24, 2.45) is 5.92 Å². The molecule has 2 unspecified atom stereocenters. The molecule has 178 valence electrons. The van der Waals surface area contributed by atoms with Gasteiger partial charge in [0.15, 0.2) is 7.14 Å². The molecule has 0 N–H and O–H groups in total. The Balaban J connectivity index is 1.69. The van der Waals surface area contributed by atoms with Crippen LogP contribution in [0.4, 0.5) is 0 Å². The first-order chi connectivity index (χ1) is 17.2. The van der Waals surface area contributed by atoms with Crippen LogP contribution in [0.25, 0.3) is 11.1 Å². The molecule has 1 aliphatic rings. The Morgan fingerprint density at radius 1 is 0.743 bits per heavy atom. The van der Waals surface area contributed by atoms with E-state index in [1.54, 1.807) is 0 Å². The van der Waals surface area contributed by atoms with Crippen molar-refractivity contribution >= 4 is 23.1 Å². The van der Waals surface area contributed by atoms with E-state index in [-0.39, 0.29) is 0 Å². The fourth-order valence-corrected chi connectivity index (χ4v) is 8.88. The van der Waals surface area contributed by atoms with E-state index in [0.29, 0.717) is 5.92 Å². The van der Waals surface area contributed by atoms with E-state index < -0.39 is 7.14 Å². The van der Waals surface area contributed by atoms with E-state index in [0.717, 1.165) is 35.2 Å². The van der Waals surface area contributed by atoms with E-state index in [4.69, 9.17) is 0 Å². The Bertz CT molecular complexity index is 1350. The lowest BCUT2D eigenvalue weighted by molar-refractivity contribution is 0.450. The molecule has 2 heteroatoms. The fraction of sp³-hybridized carbons (Fsp3) is 0.273. The molecule has 5 rings (SSSR count). The molecule has 0 amide bonds. The highest BCUT2D eigenvalue weighted by molar-refractivity contribution is 7.85. The van der Waals surface area contributed by atoms with Crippen molar-refractivity contribution in [2.75, 3.05) is 0 Å². The molecule has 4 aromatic carbocycles. The predicted molar refractivity (Wildman–Crippen MR) is 151 cm³/mol. The fourth-order valence-electron chi connectivity index (χ4n) is 5.73. The SMILES string of the molecule is CCCCC(CC)Cc1ccccc1P(=O)(c1ccccc1)c1cccc2c1Cc1ccccc1-2. The van der Waals surface area contributed by atoms with Crippen molar-refractivity contribution in [3.8, 4) is 11.1 Å². The number of fused-ring (bicyclic) bond motifs is 3. The summed E-state index contributed by atoms with van der Waals surface area (Å²) in [5.41, 5.74) is 6.32. The molecule has 0 radical (unpaired) electrons. The second-order valence-electron chi connectivity index (χ2n) is 9.83. The first-order valence-electron chi connectivity index (χ1n) is 13.1. The normalized spacial score (nSPS) is 14.7. The van der Waals surface area contributed by atoms with Gasteiger partial charge in [-0.3, -0.25) is 0 Å². The van der Waals surface area contributed by atoms with Crippen LogP contribution in [0.3, 0.4) is 0 Å². The lowest BCUT2D eigenvalue weighted by Gasteiger charge is -2.26. The van der Waals surface area contributed by atoms with Crippen molar-refractivity contribution in [3.63, 3.8) is 0 Å². The maximum absolute atomic E-state index is 15.6. The summed E-state index contributed by atoms with van der Waals surface area (Å²) in [6, 6.07) is 33.8. The number of hydrogen-bond donors (Lipinski definition) is 0. The minimum atomic E-state index is -3.08. The quantitative estimate of drug-likeness (QED) is 0.199. The van der Waals surface area contributed by atoms with Gasteiger partial charge in [0.2, 0.25) is 0 Å². The molecule has 0 heterocycles. The Labute approximate surface area is 210 Å². The molecule has 0 fully saturated rings. The van der Waals surface area contributed by atoms with Crippen molar-refractivity contribution in [2.45, 2.75) is 52.4 Å². The number of unbranched alkanes of at least 4 members (excludes halogenated alkanes) is 1. The first kappa shape index (κ1) is 23.8. The smallest absolute Gasteiger partial charge is 0.171 e. The van der Waals surface area contributed by atoms with E-state index >= 15 is 4.57 Å². The van der Waals surface area contributed by atoms with Crippen LogP contribution in [-0.4, -0.2) is 0 Å². The summed E-state index contributed by atoms with van der Waals surface area (Å²) in [4.78, 5) is 0. The Hall–Kier alpha value is -2.89. The summed E-state index contributed by atoms with van der Waals surface area (Å²) in [6.45, 7) is 4.55. The molecule has 0 spiro atoms. The largest absolute Gasteiger partial charge is 0.309 e. The topological polar surface area (TPSA) is 17.1 Å². The average Bonchev–Trinajstić information content (AvgIpc) is 3.30. The molecular formula is C33H35OP. The van der Waals surface area contributed by atoms with Gasteiger partial charge in [0.25, 0.3) is 0 Å². The minimum absolute atomic E-state index is 0.617. The van der Waals surface area contributed by atoms with Gasteiger partial charge in [-0.25, -0.2) is 0 Å². The lowest BCUT2D eigenvalue weighted by atomic mass is 9.92. The van der Waals surface area contributed by atoms with Crippen molar-refractivity contribution < 1.29 is 4.57 Å². The van der Waals surface area contributed by atoms with Crippen LogP contribution < -0.4 is 15.9 Å².